The van der Waals surface area contributed by atoms with Crippen LogP contribution in [0.4, 0.5) is 5.69 Å². The van der Waals surface area contributed by atoms with Crippen molar-refractivity contribution in [1.29, 1.82) is 10.5 Å². The lowest BCUT2D eigenvalue weighted by molar-refractivity contribution is -0.154. The SMILES string of the molecule is C[C@H](Oc1ccc(C#N)cc1)C(=O)OCC(=O)N(CC#N)c1ccccc1. The summed E-state index contributed by atoms with van der Waals surface area (Å²) in [6.45, 7) is 0.837. The molecule has 0 radical (unpaired) electrons. The highest BCUT2D eigenvalue weighted by atomic mass is 16.6. The molecule has 7 heteroatoms. The van der Waals surface area contributed by atoms with E-state index in [2.05, 4.69) is 0 Å². The zero-order valence-corrected chi connectivity index (χ0v) is 14.7. The number of ether oxygens (including phenoxy) is 2. The van der Waals surface area contributed by atoms with E-state index in [9.17, 15) is 9.59 Å². The molecule has 0 saturated carbocycles. The Morgan fingerprint density at radius 1 is 1.07 bits per heavy atom. The number of rotatable bonds is 7. The van der Waals surface area contributed by atoms with E-state index in [-0.39, 0.29) is 6.54 Å². The van der Waals surface area contributed by atoms with Crippen molar-refractivity contribution in [2.45, 2.75) is 13.0 Å². The van der Waals surface area contributed by atoms with Gasteiger partial charge < -0.3 is 9.47 Å². The maximum absolute atomic E-state index is 12.3. The van der Waals surface area contributed by atoms with E-state index in [4.69, 9.17) is 20.0 Å². The zero-order chi connectivity index (χ0) is 19.6. The van der Waals surface area contributed by atoms with Crippen LogP contribution in [0.2, 0.25) is 0 Å². The van der Waals surface area contributed by atoms with Crippen molar-refractivity contribution in [1.82, 2.24) is 0 Å². The Morgan fingerprint density at radius 3 is 2.33 bits per heavy atom. The molecule has 0 saturated heterocycles. The third-order valence-electron chi connectivity index (χ3n) is 3.56. The molecule has 0 aliphatic carbocycles. The average Bonchev–Trinajstić information content (AvgIpc) is 2.71. The Labute approximate surface area is 157 Å². The van der Waals surface area contributed by atoms with Crippen LogP contribution in [0.3, 0.4) is 0 Å². The Bertz CT molecular complexity index is 867. The second-order valence-corrected chi connectivity index (χ2v) is 5.48. The van der Waals surface area contributed by atoms with Gasteiger partial charge in [0, 0.05) is 5.69 Å². The van der Waals surface area contributed by atoms with E-state index in [1.807, 2.05) is 12.1 Å². The summed E-state index contributed by atoms with van der Waals surface area (Å²) in [5.41, 5.74) is 1.02. The standard InChI is InChI=1S/C20H17N3O4/c1-15(27-18-9-7-16(13-22)8-10-18)20(25)26-14-19(24)23(12-11-21)17-5-3-2-4-6-17/h2-10,15H,12,14H2,1H3/t15-/m0/s1. The Kier molecular flexibility index (Phi) is 6.92. The minimum absolute atomic E-state index is 0.155. The summed E-state index contributed by atoms with van der Waals surface area (Å²) in [6, 6.07) is 18.8. The molecule has 0 bridgehead atoms. The molecule has 136 valence electrons. The number of anilines is 1. The summed E-state index contributed by atoms with van der Waals surface area (Å²) in [5.74, 6) is -0.820. The van der Waals surface area contributed by atoms with E-state index in [0.717, 1.165) is 0 Å². The molecule has 1 atom stereocenters. The van der Waals surface area contributed by atoms with Gasteiger partial charge in [0.15, 0.2) is 12.7 Å². The van der Waals surface area contributed by atoms with Crippen LogP contribution in [0.15, 0.2) is 54.6 Å². The molecule has 2 rings (SSSR count). The molecule has 1 amide bonds. The lowest BCUT2D eigenvalue weighted by atomic mass is 10.2. The van der Waals surface area contributed by atoms with Crippen LogP contribution in [-0.4, -0.2) is 31.1 Å². The van der Waals surface area contributed by atoms with Crippen molar-refractivity contribution in [3.05, 3.63) is 60.2 Å². The number of nitrogens with zero attached hydrogens (tertiary/aromatic N) is 3. The van der Waals surface area contributed by atoms with E-state index >= 15 is 0 Å². The first-order chi connectivity index (χ1) is 13.0. The topological polar surface area (TPSA) is 103 Å². The number of carbonyl (C=O) groups excluding carboxylic acids is 2. The highest BCUT2D eigenvalue weighted by molar-refractivity contribution is 5.95. The van der Waals surface area contributed by atoms with Gasteiger partial charge in [-0.1, -0.05) is 18.2 Å². The fourth-order valence-corrected chi connectivity index (χ4v) is 2.19. The summed E-state index contributed by atoms with van der Waals surface area (Å²) in [7, 11) is 0. The van der Waals surface area contributed by atoms with Gasteiger partial charge in [0.25, 0.3) is 5.91 Å². The van der Waals surface area contributed by atoms with E-state index in [0.29, 0.717) is 17.0 Å². The first-order valence-electron chi connectivity index (χ1n) is 8.11. The predicted molar refractivity (Wildman–Crippen MR) is 96.6 cm³/mol. The second kappa shape index (κ2) is 9.59. The third kappa shape index (κ3) is 5.58. The van der Waals surface area contributed by atoms with Crippen molar-refractivity contribution in [3.63, 3.8) is 0 Å². The first kappa shape index (κ1) is 19.5. The zero-order valence-electron chi connectivity index (χ0n) is 14.7. The van der Waals surface area contributed by atoms with Crippen LogP contribution >= 0.6 is 0 Å². The number of benzene rings is 2. The first-order valence-corrected chi connectivity index (χ1v) is 8.11. The quantitative estimate of drug-likeness (QED) is 0.553. The van der Waals surface area contributed by atoms with E-state index < -0.39 is 24.6 Å². The predicted octanol–water partition coefficient (Wildman–Crippen LogP) is 2.43. The van der Waals surface area contributed by atoms with Gasteiger partial charge in [-0.05, 0) is 43.3 Å². The Hall–Kier alpha value is -3.84. The second-order valence-electron chi connectivity index (χ2n) is 5.48. The largest absolute Gasteiger partial charge is 0.479 e. The molecule has 7 nitrogen and oxygen atoms in total. The number of carbonyl (C=O) groups is 2. The molecule has 27 heavy (non-hydrogen) atoms. The van der Waals surface area contributed by atoms with E-state index in [1.54, 1.807) is 54.6 Å². The van der Waals surface area contributed by atoms with E-state index in [1.165, 1.54) is 11.8 Å². The molecule has 0 fully saturated rings. The molecule has 0 unspecified atom stereocenters. The average molecular weight is 363 g/mol. The lowest BCUT2D eigenvalue weighted by Crippen LogP contribution is -2.37. The maximum Gasteiger partial charge on any atom is 0.347 e. The normalized spacial score (nSPS) is 10.8. The number of amides is 1. The van der Waals surface area contributed by atoms with Gasteiger partial charge >= 0.3 is 5.97 Å². The van der Waals surface area contributed by atoms with Crippen LogP contribution in [0.1, 0.15) is 12.5 Å². The molecular formula is C20H17N3O4. The number of nitriles is 2. The fraction of sp³-hybridized carbons (Fsp3) is 0.200. The van der Waals surface area contributed by atoms with Crippen molar-refractivity contribution < 1.29 is 19.1 Å². The number of esters is 1. The summed E-state index contributed by atoms with van der Waals surface area (Å²) in [5, 5.41) is 17.7. The van der Waals surface area contributed by atoms with Crippen LogP contribution < -0.4 is 9.64 Å². The molecule has 2 aromatic carbocycles. The summed E-state index contributed by atoms with van der Waals surface area (Å²) in [4.78, 5) is 25.6. The van der Waals surface area contributed by atoms with Crippen LogP contribution in [-0.2, 0) is 14.3 Å². The van der Waals surface area contributed by atoms with Crippen LogP contribution in [0.25, 0.3) is 0 Å². The highest BCUT2D eigenvalue weighted by Gasteiger charge is 2.21. The van der Waals surface area contributed by atoms with Crippen LogP contribution in [0, 0.1) is 22.7 Å². The minimum atomic E-state index is -0.938. The Morgan fingerprint density at radius 2 is 1.74 bits per heavy atom. The molecule has 0 aliphatic heterocycles. The van der Waals surface area contributed by atoms with Crippen molar-refractivity contribution in [3.8, 4) is 17.9 Å². The molecule has 0 N–H and O–H groups in total. The van der Waals surface area contributed by atoms with Gasteiger partial charge in [0.1, 0.15) is 12.3 Å². The number of para-hydroxylation sites is 1. The van der Waals surface area contributed by atoms with Gasteiger partial charge in [-0.25, -0.2) is 4.79 Å². The van der Waals surface area contributed by atoms with Gasteiger partial charge in [0.2, 0.25) is 0 Å². The maximum atomic E-state index is 12.3. The molecule has 0 heterocycles. The summed E-state index contributed by atoms with van der Waals surface area (Å²) in [6.07, 6.45) is -0.938. The fourth-order valence-electron chi connectivity index (χ4n) is 2.19. The third-order valence-corrected chi connectivity index (χ3v) is 3.56. The molecule has 0 spiro atoms. The highest BCUT2D eigenvalue weighted by Crippen LogP contribution is 2.15. The van der Waals surface area contributed by atoms with Crippen molar-refractivity contribution >= 4 is 17.6 Å². The van der Waals surface area contributed by atoms with Crippen LogP contribution in [0.5, 0.6) is 5.75 Å². The smallest absolute Gasteiger partial charge is 0.347 e. The summed E-state index contributed by atoms with van der Waals surface area (Å²) >= 11 is 0. The lowest BCUT2D eigenvalue weighted by Gasteiger charge is -2.20. The molecule has 0 aliphatic rings. The molecule has 2 aromatic rings. The molecule has 0 aromatic heterocycles. The van der Waals surface area contributed by atoms with Gasteiger partial charge in [-0.15, -0.1) is 0 Å². The Balaban J connectivity index is 1.91. The monoisotopic (exact) mass is 363 g/mol. The summed E-state index contributed by atoms with van der Waals surface area (Å²) < 4.78 is 10.5. The van der Waals surface area contributed by atoms with Gasteiger partial charge in [0.05, 0.1) is 17.7 Å². The van der Waals surface area contributed by atoms with Gasteiger partial charge in [-0.2, -0.15) is 10.5 Å². The van der Waals surface area contributed by atoms with Crippen molar-refractivity contribution in [2.75, 3.05) is 18.1 Å². The molecular weight excluding hydrogens is 346 g/mol. The minimum Gasteiger partial charge on any atom is -0.479 e. The number of hydrogen-bond donors (Lipinski definition) is 0. The van der Waals surface area contributed by atoms with Gasteiger partial charge in [-0.3, -0.25) is 9.69 Å². The van der Waals surface area contributed by atoms with Crippen molar-refractivity contribution in [2.24, 2.45) is 0 Å². The number of hydrogen-bond acceptors (Lipinski definition) is 6.